The van der Waals surface area contributed by atoms with E-state index in [0.717, 1.165) is 34.2 Å². The Morgan fingerprint density at radius 3 is 2.10 bits per heavy atom. The summed E-state index contributed by atoms with van der Waals surface area (Å²) in [6.07, 6.45) is 2.35. The van der Waals surface area contributed by atoms with Gasteiger partial charge >= 0.3 is 0 Å². The molecule has 4 atom stereocenters. The highest BCUT2D eigenvalue weighted by Crippen LogP contribution is 2.20. The van der Waals surface area contributed by atoms with Crippen LogP contribution >= 0.6 is 0 Å². The van der Waals surface area contributed by atoms with E-state index in [-0.39, 0.29) is 56.1 Å². The van der Waals surface area contributed by atoms with Gasteiger partial charge in [0.05, 0.1) is 6.54 Å². The summed E-state index contributed by atoms with van der Waals surface area (Å²) < 4.78 is 13.5. The van der Waals surface area contributed by atoms with E-state index in [4.69, 9.17) is 17.2 Å². The SMILES string of the molecule is CC(C)C[C@@H](CC(=O)CNC(=O)[C@H](Cc1ccccc1)NC(=O)c1ccc(F)cc1)C(=O)N[C@@H](CCCN=C(N)N)C(=O)N[C@@H](Cc1c[nH]c2ccccc12)C(N)=O. The highest BCUT2D eigenvalue weighted by molar-refractivity contribution is 5.99. The number of aromatic nitrogens is 1. The normalized spacial score (nSPS) is 13.1. The summed E-state index contributed by atoms with van der Waals surface area (Å²) in [6, 6.07) is 18.0. The van der Waals surface area contributed by atoms with Crippen LogP contribution in [0, 0.1) is 17.7 Å². The third-order valence-electron chi connectivity index (χ3n) is 9.41. The minimum atomic E-state index is -1.14. The first-order valence-corrected chi connectivity index (χ1v) is 19.1. The Bertz CT molecular complexity index is 2070. The van der Waals surface area contributed by atoms with Gasteiger partial charge in [0.15, 0.2) is 11.7 Å². The summed E-state index contributed by atoms with van der Waals surface area (Å²) in [6.45, 7) is 3.49. The Morgan fingerprint density at radius 2 is 1.43 bits per heavy atom. The van der Waals surface area contributed by atoms with Crippen LogP contribution in [0.25, 0.3) is 10.9 Å². The second-order valence-electron chi connectivity index (χ2n) is 14.5. The van der Waals surface area contributed by atoms with Crippen molar-refractivity contribution in [3.05, 3.63) is 108 Å². The second kappa shape index (κ2) is 21.6. The minimum Gasteiger partial charge on any atom is -0.370 e. The van der Waals surface area contributed by atoms with Gasteiger partial charge in [-0.05, 0) is 66.6 Å². The van der Waals surface area contributed by atoms with Crippen LogP contribution in [-0.4, -0.2) is 77.5 Å². The van der Waals surface area contributed by atoms with E-state index >= 15 is 0 Å². The van der Waals surface area contributed by atoms with Crippen molar-refractivity contribution in [3.8, 4) is 0 Å². The Kier molecular flexibility index (Phi) is 16.5. The van der Waals surface area contributed by atoms with Crippen molar-refractivity contribution < 1.29 is 33.2 Å². The zero-order chi connectivity index (χ0) is 42.2. The molecule has 0 bridgehead atoms. The second-order valence-corrected chi connectivity index (χ2v) is 14.5. The smallest absolute Gasteiger partial charge is 0.251 e. The molecule has 5 amide bonds. The van der Waals surface area contributed by atoms with Crippen molar-refractivity contribution in [3.63, 3.8) is 0 Å². The van der Waals surface area contributed by atoms with Gasteiger partial charge in [-0.1, -0.05) is 62.4 Å². The number of nitrogens with zero attached hydrogens (tertiary/aromatic N) is 1. The van der Waals surface area contributed by atoms with Crippen LogP contribution in [0.1, 0.15) is 61.0 Å². The van der Waals surface area contributed by atoms with Gasteiger partial charge in [0.1, 0.15) is 23.9 Å². The molecule has 0 aliphatic heterocycles. The molecule has 0 saturated heterocycles. The molecule has 0 radical (unpaired) electrons. The predicted octanol–water partition coefficient (Wildman–Crippen LogP) is 2.14. The number of nitrogens with two attached hydrogens (primary N) is 3. The average Bonchev–Trinajstić information content (AvgIpc) is 3.60. The summed E-state index contributed by atoms with van der Waals surface area (Å²) in [7, 11) is 0. The molecule has 4 rings (SSSR count). The lowest BCUT2D eigenvalue weighted by molar-refractivity contribution is -0.134. The van der Waals surface area contributed by atoms with Crippen LogP contribution in [0.5, 0.6) is 0 Å². The lowest BCUT2D eigenvalue weighted by Gasteiger charge is -2.25. The summed E-state index contributed by atoms with van der Waals surface area (Å²) in [4.78, 5) is 87.0. The van der Waals surface area contributed by atoms with Gasteiger partial charge in [-0.2, -0.15) is 0 Å². The van der Waals surface area contributed by atoms with Crippen molar-refractivity contribution >= 4 is 52.2 Å². The van der Waals surface area contributed by atoms with Gasteiger partial charge < -0.3 is 43.5 Å². The summed E-state index contributed by atoms with van der Waals surface area (Å²) >= 11 is 0. The molecule has 0 unspecified atom stereocenters. The Hall–Kier alpha value is -6.58. The molecule has 58 heavy (non-hydrogen) atoms. The third-order valence-corrected chi connectivity index (χ3v) is 9.41. The number of H-pyrrole nitrogens is 1. The highest BCUT2D eigenvalue weighted by Gasteiger charge is 2.31. The fourth-order valence-corrected chi connectivity index (χ4v) is 6.49. The van der Waals surface area contributed by atoms with Crippen molar-refractivity contribution in [2.75, 3.05) is 13.1 Å². The Morgan fingerprint density at radius 1 is 0.759 bits per heavy atom. The number of hydrogen-bond donors (Lipinski definition) is 8. The first-order chi connectivity index (χ1) is 27.7. The fraction of sp³-hybridized carbons (Fsp3) is 0.357. The standard InChI is InChI=1S/C42H52FN9O6/c1-25(2)19-28(21-31(53)24-49-40(57)36(20-26-9-4-3-5-10-26)52-38(55)27-14-16-30(43)17-15-27)39(56)50-34(13-8-18-47-42(45)46)41(58)51-35(37(44)54)22-29-23-48-33-12-7-6-11-32(29)33/h3-7,9-12,14-17,23,25,28,34-36,48H,8,13,18-22,24H2,1-2H3,(H2,44,54)(H,49,57)(H,50,56)(H,51,58)(H,52,55)(H4,45,46,47)/t28-,34-,35-,36-/m0/s1. The lowest BCUT2D eigenvalue weighted by atomic mass is 9.91. The van der Waals surface area contributed by atoms with Crippen LogP contribution in [0.3, 0.4) is 0 Å². The summed E-state index contributed by atoms with van der Waals surface area (Å²) in [5.74, 6) is -5.26. The molecule has 308 valence electrons. The average molecular weight is 798 g/mol. The van der Waals surface area contributed by atoms with Gasteiger partial charge in [-0.25, -0.2) is 4.39 Å². The molecule has 0 aliphatic carbocycles. The summed E-state index contributed by atoms with van der Waals surface area (Å²) in [5.41, 5.74) is 19.2. The molecule has 1 aromatic heterocycles. The molecule has 0 aliphatic rings. The number of Topliss-reactive ketones (excluding diaryl/α,β-unsaturated/α-hetero) is 1. The summed E-state index contributed by atoms with van der Waals surface area (Å²) in [5, 5.41) is 11.6. The highest BCUT2D eigenvalue weighted by atomic mass is 19.1. The molecular formula is C42H52FN9O6. The Balaban J connectivity index is 1.44. The van der Waals surface area contributed by atoms with E-state index in [1.807, 2.05) is 44.2 Å². The number of benzene rings is 3. The Labute approximate surface area is 336 Å². The zero-order valence-electron chi connectivity index (χ0n) is 32.6. The number of carbonyl (C=O) groups is 6. The number of ketones is 1. The molecule has 0 spiro atoms. The number of nitrogens with one attached hydrogen (secondary N) is 5. The molecule has 11 N–H and O–H groups in total. The number of hydrogen-bond acceptors (Lipinski definition) is 7. The maximum atomic E-state index is 13.9. The van der Waals surface area contributed by atoms with E-state index in [0.29, 0.717) is 6.42 Å². The zero-order valence-corrected chi connectivity index (χ0v) is 32.6. The molecule has 0 fully saturated rings. The van der Waals surface area contributed by atoms with Gasteiger partial charge in [0, 0.05) is 54.4 Å². The number of rotatable bonds is 22. The van der Waals surface area contributed by atoms with E-state index in [1.54, 1.807) is 30.5 Å². The molecule has 0 saturated carbocycles. The van der Waals surface area contributed by atoms with E-state index in [1.165, 1.54) is 12.1 Å². The number of para-hydroxylation sites is 1. The van der Waals surface area contributed by atoms with Gasteiger partial charge in [-0.15, -0.1) is 0 Å². The number of carbonyl (C=O) groups excluding carboxylic acids is 6. The van der Waals surface area contributed by atoms with Crippen LogP contribution in [0.15, 0.2) is 90.1 Å². The van der Waals surface area contributed by atoms with Crippen molar-refractivity contribution in [1.82, 2.24) is 26.3 Å². The van der Waals surface area contributed by atoms with Crippen molar-refractivity contribution in [2.24, 2.45) is 34.0 Å². The first kappa shape index (κ1) is 44.1. The first-order valence-electron chi connectivity index (χ1n) is 19.1. The topological polar surface area (TPSA) is 257 Å². The number of fused-ring (bicyclic) bond motifs is 1. The number of halogens is 1. The van der Waals surface area contributed by atoms with Crippen LogP contribution in [-0.2, 0) is 36.8 Å². The number of primary amides is 1. The van der Waals surface area contributed by atoms with Gasteiger partial charge in [0.2, 0.25) is 23.6 Å². The van der Waals surface area contributed by atoms with Crippen molar-refractivity contribution in [2.45, 2.75) is 70.5 Å². The minimum absolute atomic E-state index is 0.0281. The van der Waals surface area contributed by atoms with E-state index < -0.39 is 71.7 Å². The fourth-order valence-electron chi connectivity index (χ4n) is 6.49. The molecule has 4 aromatic rings. The van der Waals surface area contributed by atoms with Crippen LogP contribution < -0.4 is 38.5 Å². The van der Waals surface area contributed by atoms with Gasteiger partial charge in [-0.3, -0.25) is 33.8 Å². The van der Waals surface area contributed by atoms with E-state index in [9.17, 15) is 33.2 Å². The van der Waals surface area contributed by atoms with E-state index in [2.05, 4.69) is 31.2 Å². The van der Waals surface area contributed by atoms with Crippen LogP contribution in [0.4, 0.5) is 4.39 Å². The number of guanidine groups is 1. The largest absolute Gasteiger partial charge is 0.370 e. The molecule has 16 heteroatoms. The number of aliphatic imine (C=N–C) groups is 1. The predicted molar refractivity (Wildman–Crippen MR) is 218 cm³/mol. The lowest BCUT2D eigenvalue weighted by Crippen LogP contribution is -2.54. The molecule has 15 nitrogen and oxygen atoms in total. The maximum Gasteiger partial charge on any atom is 0.251 e. The number of aromatic amines is 1. The monoisotopic (exact) mass is 797 g/mol. The maximum absolute atomic E-state index is 13.9. The quantitative estimate of drug-likeness (QED) is 0.0331. The number of amides is 5. The van der Waals surface area contributed by atoms with Crippen LogP contribution in [0.2, 0.25) is 0 Å². The van der Waals surface area contributed by atoms with Gasteiger partial charge in [0.25, 0.3) is 5.91 Å². The third kappa shape index (κ3) is 13.9. The molecule has 3 aromatic carbocycles. The van der Waals surface area contributed by atoms with Crippen molar-refractivity contribution in [1.29, 1.82) is 0 Å². The molecular weight excluding hydrogens is 746 g/mol. The molecule has 1 heterocycles.